The van der Waals surface area contributed by atoms with Crippen molar-refractivity contribution in [2.75, 3.05) is 0 Å². The molecule has 19 heavy (non-hydrogen) atoms. The molecule has 0 atom stereocenters. The van der Waals surface area contributed by atoms with Crippen LogP contribution < -0.4 is 11.2 Å². The third kappa shape index (κ3) is 2.06. The van der Waals surface area contributed by atoms with Crippen LogP contribution in [0.5, 0.6) is 0 Å². The fourth-order valence-corrected chi connectivity index (χ4v) is 1.88. The number of aryl methyl sites for hydroxylation is 1. The maximum Gasteiger partial charge on any atom is 0.332 e. The third-order valence-corrected chi connectivity index (χ3v) is 3.14. The van der Waals surface area contributed by atoms with E-state index in [1.807, 2.05) is 0 Å². The average Bonchev–Trinajstić information content (AvgIpc) is 2.77. The van der Waals surface area contributed by atoms with Crippen LogP contribution in [0.2, 0.25) is 0 Å². The van der Waals surface area contributed by atoms with Crippen molar-refractivity contribution in [2.24, 2.45) is 14.1 Å². The van der Waals surface area contributed by atoms with E-state index < -0.39 is 23.7 Å². The number of hydrogen-bond donors (Lipinski definition) is 0. The van der Waals surface area contributed by atoms with Crippen molar-refractivity contribution < 1.29 is 8.78 Å². The highest BCUT2D eigenvalue weighted by Gasteiger charge is 2.28. The summed E-state index contributed by atoms with van der Waals surface area (Å²) in [5.41, 5.74) is -1.04. The minimum atomic E-state index is -2.92. The summed E-state index contributed by atoms with van der Waals surface area (Å²) in [5, 5.41) is 0. The summed E-state index contributed by atoms with van der Waals surface area (Å²) < 4.78 is 30.0. The topological polar surface area (TPSA) is 61.8 Å². The van der Waals surface area contributed by atoms with Gasteiger partial charge in [-0.1, -0.05) is 6.92 Å². The molecule has 0 unspecified atom stereocenters. The van der Waals surface area contributed by atoms with E-state index in [1.165, 1.54) is 21.0 Å². The van der Waals surface area contributed by atoms with Gasteiger partial charge in [0, 0.05) is 20.5 Å². The first-order valence-corrected chi connectivity index (χ1v) is 5.77. The second-order valence-electron chi connectivity index (χ2n) is 4.46. The molecule has 0 spiro atoms. The van der Waals surface area contributed by atoms with Crippen LogP contribution in [0.4, 0.5) is 8.78 Å². The lowest BCUT2D eigenvalue weighted by Gasteiger charge is -2.15. The molecule has 0 aliphatic heterocycles. The van der Waals surface area contributed by atoms with E-state index in [1.54, 1.807) is 0 Å². The van der Waals surface area contributed by atoms with Crippen molar-refractivity contribution in [3.8, 4) is 0 Å². The standard InChI is InChI=1S/C11H14F2N4O2/c1-4-11(12,13)5-17-6-14-8-7(17)9(18)16(3)10(19)15(8)2/h6H,4-5H2,1-3H3. The maximum absolute atomic E-state index is 13.4. The van der Waals surface area contributed by atoms with Crippen LogP contribution in [0.25, 0.3) is 11.2 Å². The van der Waals surface area contributed by atoms with Crippen LogP contribution in [0.1, 0.15) is 13.3 Å². The molecule has 2 heterocycles. The highest BCUT2D eigenvalue weighted by atomic mass is 19.3. The summed E-state index contributed by atoms with van der Waals surface area (Å²) >= 11 is 0. The molecule has 0 fully saturated rings. The Morgan fingerprint density at radius 2 is 1.89 bits per heavy atom. The van der Waals surface area contributed by atoms with Crippen LogP contribution in [0.15, 0.2) is 15.9 Å². The van der Waals surface area contributed by atoms with Gasteiger partial charge in [0.05, 0.1) is 12.9 Å². The Labute approximate surface area is 106 Å². The van der Waals surface area contributed by atoms with Crippen LogP contribution in [0, 0.1) is 0 Å². The van der Waals surface area contributed by atoms with Gasteiger partial charge < -0.3 is 4.57 Å². The van der Waals surface area contributed by atoms with Crippen LogP contribution in [-0.2, 0) is 20.6 Å². The van der Waals surface area contributed by atoms with Gasteiger partial charge in [0.25, 0.3) is 11.5 Å². The lowest BCUT2D eigenvalue weighted by Crippen LogP contribution is -2.38. The molecular weight excluding hydrogens is 258 g/mol. The second-order valence-corrected chi connectivity index (χ2v) is 4.46. The van der Waals surface area contributed by atoms with Gasteiger partial charge in [-0.3, -0.25) is 13.9 Å². The third-order valence-electron chi connectivity index (χ3n) is 3.14. The highest BCUT2D eigenvalue weighted by molar-refractivity contribution is 5.69. The van der Waals surface area contributed by atoms with Crippen molar-refractivity contribution >= 4 is 11.2 Å². The number of fused-ring (bicyclic) bond motifs is 1. The van der Waals surface area contributed by atoms with E-state index in [-0.39, 0.29) is 17.6 Å². The summed E-state index contributed by atoms with van der Waals surface area (Å²) in [6, 6.07) is 0. The van der Waals surface area contributed by atoms with Gasteiger partial charge in [0.1, 0.15) is 0 Å². The molecule has 0 bridgehead atoms. The highest BCUT2D eigenvalue weighted by Crippen LogP contribution is 2.21. The first-order valence-electron chi connectivity index (χ1n) is 5.77. The molecule has 0 aliphatic carbocycles. The Hall–Kier alpha value is -1.99. The largest absolute Gasteiger partial charge is 0.332 e. The van der Waals surface area contributed by atoms with Gasteiger partial charge in [0.15, 0.2) is 11.2 Å². The van der Waals surface area contributed by atoms with E-state index in [2.05, 4.69) is 4.98 Å². The number of rotatable bonds is 3. The number of nitrogens with zero attached hydrogens (tertiary/aromatic N) is 4. The Balaban J connectivity index is 2.74. The molecule has 104 valence electrons. The Kier molecular flexibility index (Phi) is 3.03. The lowest BCUT2D eigenvalue weighted by atomic mass is 10.2. The fraction of sp³-hybridized carbons (Fsp3) is 0.545. The van der Waals surface area contributed by atoms with Crippen LogP contribution in [0.3, 0.4) is 0 Å². The van der Waals surface area contributed by atoms with Gasteiger partial charge in [-0.05, 0) is 0 Å². The number of imidazole rings is 1. The monoisotopic (exact) mass is 272 g/mol. The summed E-state index contributed by atoms with van der Waals surface area (Å²) in [4.78, 5) is 27.6. The first-order chi connectivity index (χ1) is 8.78. The molecule has 0 saturated heterocycles. The van der Waals surface area contributed by atoms with Crippen molar-refractivity contribution in [1.29, 1.82) is 0 Å². The molecular formula is C11H14F2N4O2. The molecule has 0 radical (unpaired) electrons. The van der Waals surface area contributed by atoms with Gasteiger partial charge in [-0.2, -0.15) is 0 Å². The van der Waals surface area contributed by atoms with Crippen LogP contribution in [-0.4, -0.2) is 24.6 Å². The average molecular weight is 272 g/mol. The molecule has 0 N–H and O–H groups in total. The SMILES string of the molecule is CCC(F)(F)Cn1cnc2c1c(=O)n(C)c(=O)n2C. The van der Waals surface area contributed by atoms with E-state index in [0.29, 0.717) is 0 Å². The Morgan fingerprint density at radius 3 is 2.47 bits per heavy atom. The summed E-state index contributed by atoms with van der Waals surface area (Å²) in [5.74, 6) is -2.92. The number of halogens is 2. The Morgan fingerprint density at radius 1 is 1.26 bits per heavy atom. The maximum atomic E-state index is 13.4. The molecule has 0 saturated carbocycles. The zero-order chi connectivity index (χ0) is 14.4. The minimum Gasteiger partial charge on any atom is -0.319 e. The van der Waals surface area contributed by atoms with Crippen molar-refractivity contribution in [3.05, 3.63) is 27.2 Å². The van der Waals surface area contributed by atoms with E-state index in [0.717, 1.165) is 20.0 Å². The smallest absolute Gasteiger partial charge is 0.319 e. The molecule has 2 aromatic heterocycles. The number of alkyl halides is 2. The molecule has 0 aromatic carbocycles. The second kappa shape index (κ2) is 4.29. The van der Waals surface area contributed by atoms with Gasteiger partial charge >= 0.3 is 5.69 Å². The lowest BCUT2D eigenvalue weighted by molar-refractivity contribution is -0.0189. The van der Waals surface area contributed by atoms with Gasteiger partial charge in [-0.15, -0.1) is 0 Å². The summed E-state index contributed by atoms with van der Waals surface area (Å²) in [6.45, 7) is 0.737. The summed E-state index contributed by atoms with van der Waals surface area (Å²) in [7, 11) is 2.75. The normalized spacial score (nSPS) is 12.3. The van der Waals surface area contributed by atoms with Crippen molar-refractivity contribution in [1.82, 2.24) is 18.7 Å². The molecule has 0 aliphatic rings. The zero-order valence-corrected chi connectivity index (χ0v) is 10.9. The van der Waals surface area contributed by atoms with Crippen LogP contribution >= 0.6 is 0 Å². The molecule has 2 aromatic rings. The molecule has 8 heteroatoms. The van der Waals surface area contributed by atoms with E-state index >= 15 is 0 Å². The minimum absolute atomic E-state index is 0.0118. The quantitative estimate of drug-likeness (QED) is 0.816. The van der Waals surface area contributed by atoms with Crippen molar-refractivity contribution in [3.63, 3.8) is 0 Å². The molecule has 2 rings (SSSR count). The predicted molar refractivity (Wildman–Crippen MR) is 65.5 cm³/mol. The predicted octanol–water partition coefficient (Wildman–Crippen LogP) is 0.479. The summed E-state index contributed by atoms with van der Waals surface area (Å²) in [6.07, 6.45) is 0.827. The van der Waals surface area contributed by atoms with E-state index in [4.69, 9.17) is 0 Å². The molecule has 0 amide bonds. The van der Waals surface area contributed by atoms with Crippen molar-refractivity contribution in [2.45, 2.75) is 25.8 Å². The number of aromatic nitrogens is 4. The van der Waals surface area contributed by atoms with E-state index in [9.17, 15) is 18.4 Å². The first kappa shape index (κ1) is 13.4. The molecule has 6 nitrogen and oxygen atoms in total. The zero-order valence-electron chi connectivity index (χ0n) is 10.9. The van der Waals surface area contributed by atoms with Gasteiger partial charge in [-0.25, -0.2) is 18.6 Å². The fourth-order valence-electron chi connectivity index (χ4n) is 1.88. The van der Waals surface area contributed by atoms with Gasteiger partial charge in [0.2, 0.25) is 0 Å². The Bertz CT molecular complexity index is 741. The number of hydrogen-bond acceptors (Lipinski definition) is 3.